The van der Waals surface area contributed by atoms with Crippen molar-refractivity contribution in [1.29, 1.82) is 0 Å². The van der Waals surface area contributed by atoms with E-state index in [0.29, 0.717) is 6.54 Å². The second kappa shape index (κ2) is 5.34. The molecular formula is C10H16F3N3. The van der Waals surface area contributed by atoms with Gasteiger partial charge in [0.1, 0.15) is 0 Å². The second-order valence-electron chi connectivity index (χ2n) is 3.67. The van der Waals surface area contributed by atoms with E-state index in [4.69, 9.17) is 0 Å². The quantitative estimate of drug-likeness (QED) is 0.791. The van der Waals surface area contributed by atoms with Gasteiger partial charge in [0.15, 0.2) is 0 Å². The van der Waals surface area contributed by atoms with Gasteiger partial charge in [0.25, 0.3) is 0 Å². The van der Waals surface area contributed by atoms with E-state index in [0.717, 1.165) is 17.7 Å². The highest BCUT2D eigenvalue weighted by Gasteiger charge is 2.25. The van der Waals surface area contributed by atoms with Gasteiger partial charge in [-0.15, -0.1) is 0 Å². The van der Waals surface area contributed by atoms with Gasteiger partial charge in [-0.3, -0.25) is 4.68 Å². The number of rotatable bonds is 5. The van der Waals surface area contributed by atoms with Crippen LogP contribution in [0, 0.1) is 0 Å². The number of nitrogens with one attached hydrogen (secondary N) is 1. The van der Waals surface area contributed by atoms with E-state index in [1.807, 2.05) is 13.1 Å². The van der Waals surface area contributed by atoms with Crippen LogP contribution in [-0.2, 0) is 20.0 Å². The van der Waals surface area contributed by atoms with Crippen molar-refractivity contribution in [3.05, 3.63) is 17.5 Å². The summed E-state index contributed by atoms with van der Waals surface area (Å²) in [7, 11) is 1.80. The third kappa shape index (κ3) is 4.22. The number of hydrogen-bond donors (Lipinski definition) is 1. The molecule has 0 bridgehead atoms. The summed E-state index contributed by atoms with van der Waals surface area (Å²) in [6, 6.07) is 0. The Morgan fingerprint density at radius 3 is 2.69 bits per heavy atom. The van der Waals surface area contributed by atoms with E-state index in [2.05, 4.69) is 10.4 Å². The molecule has 0 amide bonds. The summed E-state index contributed by atoms with van der Waals surface area (Å²) >= 11 is 0. The number of alkyl halides is 3. The highest BCUT2D eigenvalue weighted by atomic mass is 19.4. The van der Waals surface area contributed by atoms with Gasteiger partial charge in [0, 0.05) is 31.9 Å². The standard InChI is InChI=1S/C10H16F3N3/c1-3-9-8(7-16(2)15-9)6-14-5-4-10(11,12)13/h7,14H,3-6H2,1-2H3. The summed E-state index contributed by atoms with van der Waals surface area (Å²) in [6.07, 6.45) is -2.26. The smallest absolute Gasteiger partial charge is 0.312 e. The van der Waals surface area contributed by atoms with Crippen molar-refractivity contribution >= 4 is 0 Å². The molecule has 1 aromatic heterocycles. The Morgan fingerprint density at radius 1 is 1.44 bits per heavy atom. The fraction of sp³-hybridized carbons (Fsp3) is 0.700. The van der Waals surface area contributed by atoms with Crippen LogP contribution in [0.4, 0.5) is 13.2 Å². The van der Waals surface area contributed by atoms with Gasteiger partial charge in [-0.05, 0) is 6.42 Å². The maximum atomic E-state index is 11.9. The summed E-state index contributed by atoms with van der Waals surface area (Å²) in [4.78, 5) is 0. The van der Waals surface area contributed by atoms with Gasteiger partial charge in [-0.25, -0.2) is 0 Å². The molecule has 6 heteroatoms. The minimum absolute atomic E-state index is 0.0540. The molecule has 3 nitrogen and oxygen atoms in total. The van der Waals surface area contributed by atoms with Crippen LogP contribution in [0.15, 0.2) is 6.20 Å². The van der Waals surface area contributed by atoms with Crippen LogP contribution in [0.5, 0.6) is 0 Å². The molecule has 0 saturated carbocycles. The van der Waals surface area contributed by atoms with Crippen LogP contribution in [0.25, 0.3) is 0 Å². The van der Waals surface area contributed by atoms with Gasteiger partial charge in [-0.2, -0.15) is 18.3 Å². The Labute approximate surface area is 92.6 Å². The predicted molar refractivity (Wildman–Crippen MR) is 55.0 cm³/mol. The summed E-state index contributed by atoms with van der Waals surface area (Å²) in [5.41, 5.74) is 1.90. The Kier molecular flexibility index (Phi) is 4.35. The molecule has 1 N–H and O–H groups in total. The van der Waals surface area contributed by atoms with Gasteiger partial charge in [0.2, 0.25) is 0 Å². The summed E-state index contributed by atoms with van der Waals surface area (Å²) in [5.74, 6) is 0. The third-order valence-corrected chi connectivity index (χ3v) is 2.23. The van der Waals surface area contributed by atoms with Crippen LogP contribution in [0.2, 0.25) is 0 Å². The molecule has 0 atom stereocenters. The summed E-state index contributed by atoms with van der Waals surface area (Å²) in [6.45, 7) is 2.36. The molecule has 0 radical (unpaired) electrons. The second-order valence-corrected chi connectivity index (χ2v) is 3.67. The van der Waals surface area contributed by atoms with Crippen LogP contribution in [-0.4, -0.2) is 22.5 Å². The van der Waals surface area contributed by atoms with E-state index in [1.54, 1.807) is 11.7 Å². The lowest BCUT2D eigenvalue weighted by Crippen LogP contribution is -2.21. The van der Waals surface area contributed by atoms with E-state index in [9.17, 15) is 13.2 Å². The summed E-state index contributed by atoms with van der Waals surface area (Å²) in [5, 5.41) is 6.98. The van der Waals surface area contributed by atoms with E-state index in [1.165, 1.54) is 0 Å². The number of nitrogens with zero attached hydrogens (tertiary/aromatic N) is 2. The van der Waals surface area contributed by atoms with Crippen molar-refractivity contribution < 1.29 is 13.2 Å². The Balaban J connectivity index is 2.37. The van der Waals surface area contributed by atoms with E-state index < -0.39 is 12.6 Å². The molecule has 1 rings (SSSR count). The molecule has 1 aromatic rings. The zero-order valence-electron chi connectivity index (χ0n) is 9.43. The molecule has 0 aliphatic carbocycles. The monoisotopic (exact) mass is 235 g/mol. The number of hydrogen-bond acceptors (Lipinski definition) is 2. The van der Waals surface area contributed by atoms with Crippen LogP contribution >= 0.6 is 0 Å². The fourth-order valence-corrected chi connectivity index (χ4v) is 1.48. The molecule has 1 heterocycles. The predicted octanol–water partition coefficient (Wildman–Crippen LogP) is 2.02. The average molecular weight is 235 g/mol. The topological polar surface area (TPSA) is 29.9 Å². The van der Waals surface area contributed by atoms with E-state index >= 15 is 0 Å². The van der Waals surface area contributed by atoms with Gasteiger partial charge < -0.3 is 5.32 Å². The molecule has 0 spiro atoms. The minimum atomic E-state index is -4.09. The highest BCUT2D eigenvalue weighted by molar-refractivity contribution is 5.16. The normalized spacial score (nSPS) is 12.1. The summed E-state index contributed by atoms with van der Waals surface area (Å²) < 4.78 is 37.3. The van der Waals surface area contributed by atoms with Crippen molar-refractivity contribution in [3.8, 4) is 0 Å². The lowest BCUT2D eigenvalue weighted by atomic mass is 10.2. The number of halogens is 3. The zero-order valence-corrected chi connectivity index (χ0v) is 9.43. The first-order valence-electron chi connectivity index (χ1n) is 5.21. The first kappa shape index (κ1) is 13.0. The number of aryl methyl sites for hydroxylation is 2. The lowest BCUT2D eigenvalue weighted by Gasteiger charge is -2.07. The van der Waals surface area contributed by atoms with Crippen LogP contribution in [0.1, 0.15) is 24.6 Å². The number of aromatic nitrogens is 2. The van der Waals surface area contributed by atoms with Gasteiger partial charge >= 0.3 is 6.18 Å². The van der Waals surface area contributed by atoms with Crippen LogP contribution < -0.4 is 5.32 Å². The Hall–Kier alpha value is -1.04. The van der Waals surface area contributed by atoms with Crippen molar-refractivity contribution in [2.24, 2.45) is 7.05 Å². The molecule has 16 heavy (non-hydrogen) atoms. The molecule has 0 aromatic carbocycles. The van der Waals surface area contributed by atoms with Crippen LogP contribution in [0.3, 0.4) is 0 Å². The molecule has 0 unspecified atom stereocenters. The highest BCUT2D eigenvalue weighted by Crippen LogP contribution is 2.18. The van der Waals surface area contributed by atoms with Crippen molar-refractivity contribution in [2.45, 2.75) is 32.5 Å². The lowest BCUT2D eigenvalue weighted by molar-refractivity contribution is -0.133. The largest absolute Gasteiger partial charge is 0.390 e. The average Bonchev–Trinajstić information content (AvgIpc) is 2.52. The maximum absolute atomic E-state index is 11.9. The SMILES string of the molecule is CCc1nn(C)cc1CNCCC(F)(F)F. The Bertz CT molecular complexity index is 331. The zero-order chi connectivity index (χ0) is 12.2. The maximum Gasteiger partial charge on any atom is 0.390 e. The van der Waals surface area contributed by atoms with Crippen molar-refractivity contribution in [3.63, 3.8) is 0 Å². The Morgan fingerprint density at radius 2 is 2.12 bits per heavy atom. The molecule has 92 valence electrons. The molecular weight excluding hydrogens is 219 g/mol. The minimum Gasteiger partial charge on any atom is -0.312 e. The third-order valence-electron chi connectivity index (χ3n) is 2.23. The van der Waals surface area contributed by atoms with Gasteiger partial charge in [-0.1, -0.05) is 6.92 Å². The van der Waals surface area contributed by atoms with Crippen molar-refractivity contribution in [1.82, 2.24) is 15.1 Å². The molecule has 0 aliphatic heterocycles. The molecule has 0 aliphatic rings. The van der Waals surface area contributed by atoms with E-state index in [-0.39, 0.29) is 6.54 Å². The first-order valence-corrected chi connectivity index (χ1v) is 5.21. The first-order chi connectivity index (χ1) is 7.42. The van der Waals surface area contributed by atoms with Gasteiger partial charge in [0.05, 0.1) is 12.1 Å². The molecule has 0 fully saturated rings. The molecule has 0 saturated heterocycles. The van der Waals surface area contributed by atoms with Crippen molar-refractivity contribution in [2.75, 3.05) is 6.54 Å². The fourth-order valence-electron chi connectivity index (χ4n) is 1.48.